The van der Waals surface area contributed by atoms with Crippen molar-refractivity contribution in [1.82, 2.24) is 10.2 Å². The van der Waals surface area contributed by atoms with Gasteiger partial charge in [0.2, 0.25) is 12.4 Å². The van der Waals surface area contributed by atoms with E-state index in [1.165, 1.54) is 19.5 Å². The molecule has 2 aliphatic rings. The number of carboxylic acid groups (broad SMARTS) is 1. The van der Waals surface area contributed by atoms with Gasteiger partial charge in [0, 0.05) is 39.7 Å². The van der Waals surface area contributed by atoms with Gasteiger partial charge in [-0.15, -0.1) is 11.3 Å². The number of carbonyl (C=O) groups is 2. The van der Waals surface area contributed by atoms with Crippen LogP contribution in [0.3, 0.4) is 0 Å². The fourth-order valence-corrected chi connectivity index (χ4v) is 8.88. The first kappa shape index (κ1) is 35.9. The molecular formula is C37H40Cl2N3O7S+. The highest BCUT2D eigenvalue weighted by Gasteiger charge is 2.40. The van der Waals surface area contributed by atoms with Crippen molar-refractivity contribution in [2.24, 2.45) is 0 Å². The summed E-state index contributed by atoms with van der Waals surface area (Å²) in [6.07, 6.45) is 6.62. The number of ether oxygens (including phenoxy) is 3. The van der Waals surface area contributed by atoms with Gasteiger partial charge >= 0.3 is 11.9 Å². The second-order valence-corrected chi connectivity index (χ2v) is 14.7. The molecule has 264 valence electrons. The molecule has 0 radical (unpaired) electrons. The number of pyridine rings is 1. The Bertz CT molecular complexity index is 1820. The van der Waals surface area contributed by atoms with E-state index in [0.29, 0.717) is 39.6 Å². The van der Waals surface area contributed by atoms with Crippen molar-refractivity contribution in [2.45, 2.75) is 68.8 Å². The number of hydrogen-bond acceptors (Lipinski definition) is 9. The van der Waals surface area contributed by atoms with Gasteiger partial charge in [-0.3, -0.25) is 10.5 Å². The number of hydrogen-bond donors (Lipinski definition) is 3. The third kappa shape index (κ3) is 7.72. The number of carboxylic acids is 1. The number of aromatic carboxylic acids is 1. The van der Waals surface area contributed by atoms with Crippen LogP contribution in [0.15, 0.2) is 67.0 Å². The Morgan fingerprint density at radius 2 is 1.64 bits per heavy atom. The molecule has 4 heterocycles. The zero-order valence-electron chi connectivity index (χ0n) is 28.0. The molecule has 2 saturated heterocycles. The van der Waals surface area contributed by atoms with E-state index >= 15 is 0 Å². The number of nitrogens with one attached hydrogen (secondary N) is 1. The molecule has 2 aromatic heterocycles. The number of aromatic nitrogens is 1. The number of benzene rings is 2. The second-order valence-electron chi connectivity index (χ2n) is 12.8. The molecule has 0 amide bonds. The number of rotatable bonds is 13. The van der Waals surface area contributed by atoms with Gasteiger partial charge in [-0.25, -0.2) is 9.59 Å². The highest BCUT2D eigenvalue weighted by atomic mass is 35.5. The Morgan fingerprint density at radius 3 is 2.26 bits per heavy atom. The van der Waals surface area contributed by atoms with Crippen LogP contribution in [-0.4, -0.2) is 66.6 Å². The van der Waals surface area contributed by atoms with Crippen LogP contribution < -0.4 is 19.5 Å². The number of esters is 1. The maximum Gasteiger partial charge on any atom is 0.346 e. The van der Waals surface area contributed by atoms with Crippen molar-refractivity contribution < 1.29 is 38.8 Å². The average molecular weight is 742 g/mol. The van der Waals surface area contributed by atoms with Crippen LogP contribution in [0.2, 0.25) is 10.0 Å². The van der Waals surface area contributed by atoms with Crippen LogP contribution in [0.25, 0.3) is 0 Å². The Hall–Kier alpha value is -3.87. The summed E-state index contributed by atoms with van der Waals surface area (Å²) in [7, 11) is 5.22. The zero-order chi connectivity index (χ0) is 35.5. The first-order valence-corrected chi connectivity index (χ1v) is 18.0. The minimum atomic E-state index is -1.09. The normalized spacial score (nSPS) is 19.9. The summed E-state index contributed by atoms with van der Waals surface area (Å²) in [4.78, 5) is 29.8. The van der Waals surface area contributed by atoms with Gasteiger partial charge in [-0.2, -0.15) is 0 Å². The predicted octanol–water partition coefficient (Wildman–Crippen LogP) is 6.67. The molecule has 2 bridgehead atoms. The van der Waals surface area contributed by atoms with Gasteiger partial charge in [-0.1, -0.05) is 59.6 Å². The lowest BCUT2D eigenvalue weighted by Gasteiger charge is -2.36. The molecule has 3 N–H and O–H groups in total. The molecule has 2 aliphatic heterocycles. The number of halogens is 2. The third-order valence-electron chi connectivity index (χ3n) is 9.85. The van der Waals surface area contributed by atoms with Crippen molar-refractivity contribution in [3.05, 3.63) is 109 Å². The summed E-state index contributed by atoms with van der Waals surface area (Å²) in [5.41, 5.74) is 2.59. The summed E-state index contributed by atoms with van der Waals surface area (Å²) < 4.78 is 18.0. The third-order valence-corrected chi connectivity index (χ3v) is 11.6. The maximum absolute atomic E-state index is 13.8. The van der Waals surface area contributed by atoms with Gasteiger partial charge in [0.25, 0.3) is 0 Å². The summed E-state index contributed by atoms with van der Waals surface area (Å²) in [6.45, 7) is 0.217. The van der Waals surface area contributed by atoms with E-state index in [0.717, 1.165) is 52.9 Å². The van der Waals surface area contributed by atoms with Gasteiger partial charge in [0.05, 0.1) is 14.2 Å². The number of fused-ring (bicyclic) bond motifs is 2. The number of piperidine rings is 1. The minimum Gasteiger partial charge on any atom is -0.493 e. The lowest BCUT2D eigenvalue weighted by atomic mass is 9.85. The highest BCUT2D eigenvalue weighted by Crippen LogP contribution is 2.41. The van der Waals surface area contributed by atoms with Crippen molar-refractivity contribution in [1.29, 1.82) is 0 Å². The van der Waals surface area contributed by atoms with Crippen LogP contribution in [-0.2, 0) is 22.5 Å². The first-order valence-electron chi connectivity index (χ1n) is 16.4. The lowest BCUT2D eigenvalue weighted by Crippen LogP contribution is -2.44. The number of carbonyl (C=O) groups excluding carboxylic acids is 1. The first-order chi connectivity index (χ1) is 24.1. The standard InChI is InChI=1S/C37H39Cl2N3O7S/c1-41-23-10-11-24(41)15-25(14-23)49-37(45)34(21-7-5-4-6-8-21)40-18-26-16-28(35(50-26)36(43)44)27(17-29-30(38)19-42(46)20-31(29)39)22-9-12-32(47-2)33(13-22)48-3/h4-9,12-13,16,19-20,23-25,27,34,40H,10-11,14-15,17-18H2,1-3H3,(H-,43,44,46)/p+1/t23?,24?,25?,27-,34?/m0/s1. The average Bonchev–Trinajstić information content (AvgIpc) is 3.60. The number of thiophene rings is 1. The van der Waals surface area contributed by atoms with Crippen LogP contribution in [0.4, 0.5) is 0 Å². The molecule has 4 aromatic rings. The van der Waals surface area contributed by atoms with Crippen LogP contribution in [0.5, 0.6) is 11.5 Å². The van der Waals surface area contributed by atoms with E-state index in [1.807, 2.05) is 42.5 Å². The van der Waals surface area contributed by atoms with E-state index in [1.54, 1.807) is 19.2 Å². The number of methoxy groups -OCH3 is 2. The van der Waals surface area contributed by atoms with Crippen molar-refractivity contribution in [3.8, 4) is 11.5 Å². The smallest absolute Gasteiger partial charge is 0.346 e. The molecule has 6 rings (SSSR count). The Kier molecular flexibility index (Phi) is 11.2. The van der Waals surface area contributed by atoms with Crippen LogP contribution >= 0.6 is 34.5 Å². The fraction of sp³-hybridized carbons (Fsp3) is 0.378. The Balaban J connectivity index is 1.31. The monoisotopic (exact) mass is 740 g/mol. The maximum atomic E-state index is 13.8. The number of nitrogens with zero attached hydrogens (tertiary/aromatic N) is 2. The summed E-state index contributed by atoms with van der Waals surface area (Å²) in [6, 6.07) is 16.8. The Morgan fingerprint density at radius 1 is 0.980 bits per heavy atom. The molecule has 3 unspecified atom stereocenters. The van der Waals surface area contributed by atoms with E-state index < -0.39 is 17.9 Å². The molecule has 2 fully saturated rings. The van der Waals surface area contributed by atoms with Gasteiger partial charge in [0.1, 0.15) is 27.1 Å². The molecule has 10 nitrogen and oxygen atoms in total. The molecule has 0 spiro atoms. The molecule has 2 aromatic carbocycles. The molecule has 0 aliphatic carbocycles. The second kappa shape index (κ2) is 15.6. The predicted molar refractivity (Wildman–Crippen MR) is 190 cm³/mol. The summed E-state index contributed by atoms with van der Waals surface area (Å²) >= 11 is 14.3. The van der Waals surface area contributed by atoms with Gasteiger partial charge < -0.3 is 24.2 Å². The van der Waals surface area contributed by atoms with E-state index in [-0.39, 0.29) is 40.0 Å². The Labute approximate surface area is 305 Å². The molecule has 4 atom stereocenters. The van der Waals surface area contributed by atoms with Crippen molar-refractivity contribution in [2.75, 3.05) is 21.3 Å². The van der Waals surface area contributed by atoms with Crippen LogP contribution in [0.1, 0.15) is 74.4 Å². The largest absolute Gasteiger partial charge is 0.493 e. The fourth-order valence-electron chi connectivity index (χ4n) is 7.26. The minimum absolute atomic E-state index is 0.141. The van der Waals surface area contributed by atoms with E-state index in [2.05, 4.69) is 17.3 Å². The summed E-state index contributed by atoms with van der Waals surface area (Å²) in [5, 5.41) is 24.3. The van der Waals surface area contributed by atoms with Crippen molar-refractivity contribution >= 4 is 46.5 Å². The van der Waals surface area contributed by atoms with Gasteiger partial charge in [-0.05, 0) is 74.0 Å². The zero-order valence-corrected chi connectivity index (χ0v) is 30.3. The highest BCUT2D eigenvalue weighted by molar-refractivity contribution is 7.14. The SMILES string of the molecule is COc1ccc([C@H](Cc2c(Cl)c[n+](O)cc2Cl)c2cc(CNC(C(=O)OC3CC4CCC(C3)N4C)c3ccccc3)sc2C(=O)O)cc1OC. The van der Waals surface area contributed by atoms with E-state index in [9.17, 15) is 19.9 Å². The van der Waals surface area contributed by atoms with Crippen LogP contribution in [0, 0.1) is 0 Å². The summed E-state index contributed by atoms with van der Waals surface area (Å²) in [5.74, 6) is -0.976. The molecule has 0 saturated carbocycles. The lowest BCUT2D eigenvalue weighted by molar-refractivity contribution is -0.904. The van der Waals surface area contributed by atoms with Gasteiger partial charge in [0.15, 0.2) is 11.5 Å². The van der Waals surface area contributed by atoms with Crippen molar-refractivity contribution in [3.63, 3.8) is 0 Å². The quantitative estimate of drug-likeness (QED) is 0.0784. The molecule has 50 heavy (non-hydrogen) atoms. The molecular weight excluding hydrogens is 701 g/mol. The van der Waals surface area contributed by atoms with E-state index in [4.69, 9.17) is 37.4 Å². The molecule has 13 heteroatoms. The topological polar surface area (TPSA) is 121 Å².